The molecule has 0 fully saturated rings. The molecule has 0 amide bonds. The molecule has 0 saturated heterocycles. The van der Waals surface area contributed by atoms with Gasteiger partial charge in [0, 0.05) is 16.7 Å². The van der Waals surface area contributed by atoms with Crippen LogP contribution in [0.1, 0.15) is 27.2 Å². The van der Waals surface area contributed by atoms with Gasteiger partial charge in [-0.1, -0.05) is 11.6 Å². The largest absolute Gasteiger partial charge is 0.460 e. The number of nitrogens with one attached hydrogen (secondary N) is 1. The number of ether oxygens (including phenoxy) is 1. The van der Waals surface area contributed by atoms with Crippen molar-refractivity contribution in [3.63, 3.8) is 0 Å². The molecule has 0 spiro atoms. The lowest BCUT2D eigenvalue weighted by atomic mass is 10.2. The highest BCUT2D eigenvalue weighted by Crippen LogP contribution is 2.25. The average Bonchev–Trinajstić information content (AvgIpc) is 2.20. The maximum atomic E-state index is 11.5. The van der Waals surface area contributed by atoms with Crippen molar-refractivity contribution >= 4 is 39.2 Å². The molecule has 1 aromatic carbocycles. The van der Waals surface area contributed by atoms with E-state index in [-0.39, 0.29) is 5.97 Å². The first-order chi connectivity index (χ1) is 8.28. The van der Waals surface area contributed by atoms with E-state index >= 15 is 0 Å². The van der Waals surface area contributed by atoms with Gasteiger partial charge >= 0.3 is 5.97 Å². The molecule has 0 aliphatic heterocycles. The summed E-state index contributed by atoms with van der Waals surface area (Å²) in [5, 5.41) is 3.76. The van der Waals surface area contributed by atoms with Crippen LogP contribution in [0, 0.1) is 0 Å². The number of anilines is 1. The Balaban J connectivity index is 2.38. The first kappa shape index (κ1) is 15.3. The summed E-state index contributed by atoms with van der Waals surface area (Å²) in [5.74, 6) is -0.210. The normalized spacial score (nSPS) is 11.2. The molecule has 0 heterocycles. The molecule has 1 N–H and O–H groups in total. The molecule has 0 aromatic heterocycles. The van der Waals surface area contributed by atoms with Crippen LogP contribution in [0.15, 0.2) is 22.7 Å². The van der Waals surface area contributed by atoms with Crippen LogP contribution >= 0.6 is 27.5 Å². The van der Waals surface area contributed by atoms with Crippen LogP contribution in [0.25, 0.3) is 0 Å². The summed E-state index contributed by atoms with van der Waals surface area (Å²) >= 11 is 9.28. The van der Waals surface area contributed by atoms with E-state index in [9.17, 15) is 4.79 Å². The van der Waals surface area contributed by atoms with E-state index in [1.54, 1.807) is 6.07 Å². The molecule has 100 valence electrons. The third kappa shape index (κ3) is 5.74. The van der Waals surface area contributed by atoms with E-state index < -0.39 is 5.60 Å². The van der Waals surface area contributed by atoms with E-state index in [2.05, 4.69) is 21.2 Å². The summed E-state index contributed by atoms with van der Waals surface area (Å²) in [4.78, 5) is 11.5. The lowest BCUT2D eigenvalue weighted by molar-refractivity contribution is -0.154. The standard InChI is InChI=1S/C13H17BrClNO2/c1-13(2,3)18-12(17)6-7-16-9-4-5-10(14)11(15)8-9/h4-5,8,16H,6-7H2,1-3H3. The molecule has 1 aromatic rings. The fourth-order valence-corrected chi connectivity index (χ4v) is 1.73. The van der Waals surface area contributed by atoms with Crippen LogP contribution in [0.4, 0.5) is 5.69 Å². The molecule has 0 bridgehead atoms. The minimum atomic E-state index is -0.433. The topological polar surface area (TPSA) is 38.3 Å². The lowest BCUT2D eigenvalue weighted by Crippen LogP contribution is -2.25. The smallest absolute Gasteiger partial charge is 0.308 e. The van der Waals surface area contributed by atoms with Crippen LogP contribution in [0.3, 0.4) is 0 Å². The molecule has 0 aliphatic carbocycles. The molecule has 18 heavy (non-hydrogen) atoms. The molecule has 0 atom stereocenters. The van der Waals surface area contributed by atoms with Crippen LogP contribution in [0.2, 0.25) is 5.02 Å². The maximum absolute atomic E-state index is 11.5. The number of benzene rings is 1. The highest BCUT2D eigenvalue weighted by atomic mass is 79.9. The van der Waals surface area contributed by atoms with Gasteiger partial charge in [0.2, 0.25) is 0 Å². The monoisotopic (exact) mass is 333 g/mol. The van der Waals surface area contributed by atoms with Gasteiger partial charge in [-0.15, -0.1) is 0 Å². The second-order valence-electron chi connectivity index (χ2n) is 4.89. The Bertz CT molecular complexity index is 429. The fourth-order valence-electron chi connectivity index (χ4n) is 1.31. The summed E-state index contributed by atoms with van der Waals surface area (Å²) in [5.41, 5.74) is 0.449. The Morgan fingerprint density at radius 2 is 2.11 bits per heavy atom. The third-order valence-corrected chi connectivity index (χ3v) is 3.23. The molecular weight excluding hydrogens is 318 g/mol. The minimum absolute atomic E-state index is 0.210. The first-order valence-electron chi connectivity index (χ1n) is 5.69. The number of halogens is 2. The van der Waals surface area contributed by atoms with Crippen molar-refractivity contribution in [1.82, 2.24) is 0 Å². The maximum Gasteiger partial charge on any atom is 0.308 e. The van der Waals surface area contributed by atoms with Gasteiger partial charge in [-0.05, 0) is 54.9 Å². The fraction of sp³-hybridized carbons (Fsp3) is 0.462. The average molecular weight is 335 g/mol. The zero-order valence-corrected chi connectivity index (χ0v) is 13.1. The van der Waals surface area contributed by atoms with Crippen molar-refractivity contribution in [2.24, 2.45) is 0 Å². The van der Waals surface area contributed by atoms with Gasteiger partial charge in [0.1, 0.15) is 5.60 Å². The van der Waals surface area contributed by atoms with E-state index in [0.717, 1.165) is 10.2 Å². The Hall–Kier alpha value is -0.740. The van der Waals surface area contributed by atoms with Crippen LogP contribution in [-0.4, -0.2) is 18.1 Å². The van der Waals surface area contributed by atoms with Gasteiger partial charge in [-0.2, -0.15) is 0 Å². The number of rotatable bonds is 4. The number of carbonyl (C=O) groups excluding carboxylic acids is 1. The predicted molar refractivity (Wildman–Crippen MR) is 78.1 cm³/mol. The van der Waals surface area contributed by atoms with Gasteiger partial charge in [0.15, 0.2) is 0 Å². The minimum Gasteiger partial charge on any atom is -0.460 e. The van der Waals surface area contributed by atoms with Crippen LogP contribution < -0.4 is 5.32 Å². The molecule has 3 nitrogen and oxygen atoms in total. The predicted octanol–water partition coefficient (Wildman–Crippen LogP) is 4.25. The Morgan fingerprint density at radius 1 is 1.44 bits per heavy atom. The summed E-state index contributed by atoms with van der Waals surface area (Å²) in [7, 11) is 0. The first-order valence-corrected chi connectivity index (χ1v) is 6.86. The highest BCUT2D eigenvalue weighted by Gasteiger charge is 2.15. The molecule has 0 aliphatic rings. The molecule has 5 heteroatoms. The van der Waals surface area contributed by atoms with Gasteiger partial charge in [0.25, 0.3) is 0 Å². The van der Waals surface area contributed by atoms with Gasteiger partial charge in [0.05, 0.1) is 11.4 Å². The van der Waals surface area contributed by atoms with Crippen molar-refractivity contribution in [3.8, 4) is 0 Å². The summed E-state index contributed by atoms with van der Waals surface area (Å²) < 4.78 is 6.05. The third-order valence-electron chi connectivity index (χ3n) is 2.00. The molecule has 0 unspecified atom stereocenters. The van der Waals surface area contributed by atoms with Crippen LogP contribution in [-0.2, 0) is 9.53 Å². The van der Waals surface area contributed by atoms with Gasteiger partial charge in [-0.25, -0.2) is 0 Å². The summed E-state index contributed by atoms with van der Waals surface area (Å²) in [6.45, 7) is 6.08. The Morgan fingerprint density at radius 3 is 2.67 bits per heavy atom. The van der Waals surface area contributed by atoms with Gasteiger partial charge in [-0.3, -0.25) is 4.79 Å². The second kappa shape index (κ2) is 6.43. The van der Waals surface area contributed by atoms with E-state index in [0.29, 0.717) is 18.0 Å². The van der Waals surface area contributed by atoms with Crippen molar-refractivity contribution in [2.45, 2.75) is 32.8 Å². The zero-order chi connectivity index (χ0) is 13.8. The van der Waals surface area contributed by atoms with Gasteiger partial charge < -0.3 is 10.1 Å². The second-order valence-corrected chi connectivity index (χ2v) is 6.15. The van der Waals surface area contributed by atoms with E-state index in [1.807, 2.05) is 32.9 Å². The van der Waals surface area contributed by atoms with E-state index in [1.165, 1.54) is 0 Å². The number of esters is 1. The molecule has 0 radical (unpaired) electrons. The summed E-state index contributed by atoms with van der Waals surface area (Å²) in [6.07, 6.45) is 0.324. The van der Waals surface area contributed by atoms with Crippen molar-refractivity contribution in [1.29, 1.82) is 0 Å². The summed E-state index contributed by atoms with van der Waals surface area (Å²) in [6, 6.07) is 5.56. The highest BCUT2D eigenvalue weighted by molar-refractivity contribution is 9.10. The van der Waals surface area contributed by atoms with E-state index in [4.69, 9.17) is 16.3 Å². The molecular formula is C13H17BrClNO2. The van der Waals surface area contributed by atoms with Crippen LogP contribution in [0.5, 0.6) is 0 Å². The van der Waals surface area contributed by atoms with Crippen molar-refractivity contribution in [2.75, 3.05) is 11.9 Å². The lowest BCUT2D eigenvalue weighted by Gasteiger charge is -2.19. The number of hydrogen-bond acceptors (Lipinski definition) is 3. The number of hydrogen-bond donors (Lipinski definition) is 1. The molecule has 1 rings (SSSR count). The quantitative estimate of drug-likeness (QED) is 0.837. The zero-order valence-electron chi connectivity index (χ0n) is 10.7. The SMILES string of the molecule is CC(C)(C)OC(=O)CCNc1ccc(Br)c(Cl)c1. The molecule has 0 saturated carbocycles. The number of carbonyl (C=O) groups is 1. The Kier molecular flexibility index (Phi) is 5.47. The Labute approximate surface area is 121 Å². The van der Waals surface area contributed by atoms with Crippen molar-refractivity contribution < 1.29 is 9.53 Å². The van der Waals surface area contributed by atoms with Crippen molar-refractivity contribution in [3.05, 3.63) is 27.7 Å².